The highest BCUT2D eigenvalue weighted by Crippen LogP contribution is 2.41. The van der Waals surface area contributed by atoms with E-state index in [0.29, 0.717) is 23.4 Å². The Hall–Kier alpha value is -3.81. The summed E-state index contributed by atoms with van der Waals surface area (Å²) in [5, 5.41) is 5.79. The van der Waals surface area contributed by atoms with Crippen LogP contribution in [0, 0.1) is 11.8 Å². The summed E-state index contributed by atoms with van der Waals surface area (Å²) in [6.07, 6.45) is 2.21. The van der Waals surface area contributed by atoms with Gasteiger partial charge in [0.15, 0.2) is 0 Å². The monoisotopic (exact) mass is 549 g/mol. The first-order valence-electron chi connectivity index (χ1n) is 13.8. The highest BCUT2D eigenvalue weighted by atomic mass is 16.6. The number of alkyl carbamates (subject to hydrolysis) is 1. The normalized spacial score (nSPS) is 17.8. The summed E-state index contributed by atoms with van der Waals surface area (Å²) in [5.41, 5.74) is 1.36. The molecule has 40 heavy (non-hydrogen) atoms. The molecule has 8 nitrogen and oxygen atoms in total. The third kappa shape index (κ3) is 8.34. The summed E-state index contributed by atoms with van der Waals surface area (Å²) in [7, 11) is 1.58. The van der Waals surface area contributed by atoms with Gasteiger partial charge in [0.1, 0.15) is 23.4 Å². The zero-order chi connectivity index (χ0) is 29.6. The summed E-state index contributed by atoms with van der Waals surface area (Å²) in [5.74, 6) is 0.330. The average molecular weight is 550 g/mol. The molecule has 0 bridgehead atoms. The first-order chi connectivity index (χ1) is 18.8. The number of carbonyl (C=O) groups excluding carboxylic acids is 3. The van der Waals surface area contributed by atoms with Gasteiger partial charge in [-0.15, -0.1) is 0 Å². The second-order valence-corrected chi connectivity index (χ2v) is 11.8. The Bertz CT molecular complexity index is 1200. The van der Waals surface area contributed by atoms with Crippen LogP contribution in [0.5, 0.6) is 5.75 Å². The lowest BCUT2D eigenvalue weighted by molar-refractivity contribution is -0.142. The number of amides is 3. The smallest absolute Gasteiger partial charge is 0.408 e. The third-order valence-electron chi connectivity index (χ3n) is 6.72. The number of rotatable bonds is 11. The summed E-state index contributed by atoms with van der Waals surface area (Å²) >= 11 is 0. The molecule has 4 atom stereocenters. The number of hydrogen-bond donors (Lipinski definition) is 2. The molecule has 1 aliphatic rings. The maximum absolute atomic E-state index is 14.4. The fourth-order valence-corrected chi connectivity index (χ4v) is 4.67. The molecule has 0 spiro atoms. The van der Waals surface area contributed by atoms with Gasteiger partial charge in [0.05, 0.1) is 7.11 Å². The second-order valence-electron chi connectivity index (χ2n) is 11.8. The van der Waals surface area contributed by atoms with E-state index in [1.54, 1.807) is 63.1 Å². The number of carbonyl (C=O) groups is 3. The molecule has 0 aromatic heterocycles. The molecule has 0 aliphatic heterocycles. The van der Waals surface area contributed by atoms with Crippen LogP contribution >= 0.6 is 0 Å². The molecule has 1 fully saturated rings. The van der Waals surface area contributed by atoms with Crippen LogP contribution in [0.1, 0.15) is 71.6 Å². The van der Waals surface area contributed by atoms with Crippen LogP contribution in [-0.2, 0) is 14.3 Å². The number of benzene rings is 2. The minimum Gasteiger partial charge on any atom is -0.497 e. The predicted molar refractivity (Wildman–Crippen MR) is 158 cm³/mol. The van der Waals surface area contributed by atoms with E-state index in [1.807, 2.05) is 38.1 Å². The molecule has 8 heteroatoms. The van der Waals surface area contributed by atoms with E-state index in [9.17, 15) is 14.4 Å². The standard InChI is InChI=1S/C32H43N3O5/c1-9-22-11-10-12-23(19-22)28(29(36)33-24-13-15-25(39-8)16-14-24)35(27-18-21(27)4)30(37)26(17-20(2)3)34-31(38)40-32(5,6)7/h9-16,19-21,26-28H,1,17-18H2,2-8H3,(H,33,36)(H,34,38). The zero-order valence-corrected chi connectivity index (χ0v) is 24.7. The molecule has 4 unspecified atom stereocenters. The van der Waals surface area contributed by atoms with Gasteiger partial charge in [-0.25, -0.2) is 4.79 Å². The summed E-state index contributed by atoms with van der Waals surface area (Å²) in [6, 6.07) is 12.6. The van der Waals surface area contributed by atoms with E-state index in [-0.39, 0.29) is 29.7 Å². The van der Waals surface area contributed by atoms with Gasteiger partial charge in [0.2, 0.25) is 5.91 Å². The average Bonchev–Trinajstić information content (AvgIpc) is 3.60. The fourth-order valence-electron chi connectivity index (χ4n) is 4.67. The van der Waals surface area contributed by atoms with E-state index < -0.39 is 23.8 Å². The molecule has 2 aromatic rings. The lowest BCUT2D eigenvalue weighted by Gasteiger charge is -2.35. The van der Waals surface area contributed by atoms with E-state index >= 15 is 0 Å². The van der Waals surface area contributed by atoms with E-state index in [4.69, 9.17) is 9.47 Å². The zero-order valence-electron chi connectivity index (χ0n) is 24.7. The maximum Gasteiger partial charge on any atom is 0.408 e. The highest BCUT2D eigenvalue weighted by molar-refractivity contribution is 5.99. The number of ether oxygens (including phenoxy) is 2. The van der Waals surface area contributed by atoms with E-state index in [2.05, 4.69) is 24.1 Å². The van der Waals surface area contributed by atoms with Gasteiger partial charge in [-0.3, -0.25) is 9.59 Å². The largest absolute Gasteiger partial charge is 0.497 e. The quantitative estimate of drug-likeness (QED) is 0.348. The summed E-state index contributed by atoms with van der Waals surface area (Å²) < 4.78 is 10.7. The molecule has 2 aromatic carbocycles. The molecule has 216 valence electrons. The lowest BCUT2D eigenvalue weighted by atomic mass is 9.97. The van der Waals surface area contributed by atoms with Crippen molar-refractivity contribution < 1.29 is 23.9 Å². The van der Waals surface area contributed by atoms with Gasteiger partial charge in [0.25, 0.3) is 5.91 Å². The summed E-state index contributed by atoms with van der Waals surface area (Å²) in [6.45, 7) is 15.2. The van der Waals surface area contributed by atoms with Crippen molar-refractivity contribution >= 4 is 29.7 Å². The number of nitrogens with one attached hydrogen (secondary N) is 2. The van der Waals surface area contributed by atoms with E-state index in [0.717, 1.165) is 12.0 Å². The van der Waals surface area contributed by atoms with Crippen molar-refractivity contribution in [2.75, 3.05) is 12.4 Å². The molecule has 1 aliphatic carbocycles. The molecule has 0 heterocycles. The van der Waals surface area contributed by atoms with Crippen LogP contribution in [-0.4, -0.2) is 47.6 Å². The van der Waals surface area contributed by atoms with Crippen LogP contribution < -0.4 is 15.4 Å². The Morgan fingerprint density at radius 2 is 1.77 bits per heavy atom. The second kappa shape index (κ2) is 13.0. The van der Waals surface area contributed by atoms with Crippen molar-refractivity contribution in [2.24, 2.45) is 11.8 Å². The van der Waals surface area contributed by atoms with Crippen molar-refractivity contribution in [2.45, 2.75) is 78.1 Å². The van der Waals surface area contributed by atoms with Crippen LogP contribution in [0.25, 0.3) is 6.08 Å². The van der Waals surface area contributed by atoms with Crippen molar-refractivity contribution in [1.29, 1.82) is 0 Å². The highest BCUT2D eigenvalue weighted by Gasteiger charge is 2.48. The van der Waals surface area contributed by atoms with Gasteiger partial charge >= 0.3 is 6.09 Å². The summed E-state index contributed by atoms with van der Waals surface area (Å²) in [4.78, 5) is 42.8. The third-order valence-corrected chi connectivity index (χ3v) is 6.72. The Kier molecular flexibility index (Phi) is 10.0. The maximum atomic E-state index is 14.4. The van der Waals surface area contributed by atoms with Gasteiger partial charge in [0, 0.05) is 11.7 Å². The number of nitrogens with zero attached hydrogens (tertiary/aromatic N) is 1. The lowest BCUT2D eigenvalue weighted by Crippen LogP contribution is -2.53. The van der Waals surface area contributed by atoms with Crippen molar-refractivity contribution in [3.63, 3.8) is 0 Å². The fraction of sp³-hybridized carbons (Fsp3) is 0.469. The topological polar surface area (TPSA) is 97.0 Å². The van der Waals surface area contributed by atoms with Crippen LogP contribution in [0.15, 0.2) is 55.1 Å². The van der Waals surface area contributed by atoms with Crippen molar-refractivity contribution in [3.05, 3.63) is 66.2 Å². The van der Waals surface area contributed by atoms with Crippen LogP contribution in [0.2, 0.25) is 0 Å². The van der Waals surface area contributed by atoms with Gasteiger partial charge < -0.3 is 25.0 Å². The Morgan fingerprint density at radius 3 is 2.30 bits per heavy atom. The Balaban J connectivity index is 2.03. The Labute approximate surface area is 238 Å². The number of anilines is 1. The van der Waals surface area contributed by atoms with Gasteiger partial charge in [-0.2, -0.15) is 0 Å². The molecule has 2 N–H and O–H groups in total. The number of hydrogen-bond acceptors (Lipinski definition) is 5. The first kappa shape index (κ1) is 30.7. The predicted octanol–water partition coefficient (Wildman–Crippen LogP) is 6.19. The van der Waals surface area contributed by atoms with Crippen LogP contribution in [0.4, 0.5) is 10.5 Å². The molecule has 0 saturated heterocycles. The Morgan fingerprint density at radius 1 is 1.12 bits per heavy atom. The molecule has 1 saturated carbocycles. The molecule has 3 amide bonds. The van der Waals surface area contributed by atoms with Crippen LogP contribution in [0.3, 0.4) is 0 Å². The van der Waals surface area contributed by atoms with Crippen molar-refractivity contribution in [3.8, 4) is 5.75 Å². The van der Waals surface area contributed by atoms with E-state index in [1.165, 1.54) is 0 Å². The number of methoxy groups -OCH3 is 1. The molecular formula is C32H43N3O5. The van der Waals surface area contributed by atoms with Crippen molar-refractivity contribution in [1.82, 2.24) is 10.2 Å². The first-order valence-corrected chi connectivity index (χ1v) is 13.8. The minimum atomic E-state index is -0.931. The molecular weight excluding hydrogens is 506 g/mol. The van der Waals surface area contributed by atoms with Gasteiger partial charge in [-0.1, -0.05) is 51.6 Å². The SMILES string of the molecule is C=Cc1cccc(C(C(=O)Nc2ccc(OC)cc2)N(C(=O)C(CC(C)C)NC(=O)OC(C)(C)C)C2CC2C)c1. The molecule has 0 radical (unpaired) electrons. The minimum absolute atomic E-state index is 0.109. The van der Waals surface area contributed by atoms with Gasteiger partial charge in [-0.05, 0) is 86.9 Å². The molecule has 3 rings (SSSR count).